The molecule has 0 radical (unpaired) electrons. The number of carbonyl (C=O) groups excluding carboxylic acids is 1. The summed E-state index contributed by atoms with van der Waals surface area (Å²) in [4.78, 5) is 27.1. The van der Waals surface area contributed by atoms with E-state index in [1.807, 2.05) is 66.2 Å². The number of alkyl halides is 3. The van der Waals surface area contributed by atoms with Crippen molar-refractivity contribution in [3.8, 4) is 17.2 Å². The van der Waals surface area contributed by atoms with Crippen molar-refractivity contribution in [2.75, 3.05) is 27.3 Å². The van der Waals surface area contributed by atoms with Crippen molar-refractivity contribution in [2.24, 2.45) is 0 Å². The van der Waals surface area contributed by atoms with Crippen LogP contribution in [0.4, 0.5) is 13.2 Å². The zero-order valence-corrected chi connectivity index (χ0v) is 19.9. The zero-order chi connectivity index (χ0) is 26.7. The van der Waals surface area contributed by atoms with Gasteiger partial charge in [-0.3, -0.25) is 4.79 Å². The number of methoxy groups -OCH3 is 1. The van der Waals surface area contributed by atoms with Crippen molar-refractivity contribution in [3.63, 3.8) is 0 Å². The number of ether oxygens (including phenoxy) is 2. The number of benzene rings is 2. The smallest absolute Gasteiger partial charge is 0.490 e. The number of para-hydroxylation sites is 1. The number of carbonyl (C=O) groups is 2. The van der Waals surface area contributed by atoms with Crippen LogP contribution in [-0.4, -0.2) is 64.9 Å². The number of nitrogens with zero attached hydrogens (tertiary/aromatic N) is 3. The highest BCUT2D eigenvalue weighted by atomic mass is 19.4. The average molecular weight is 505 g/mol. The summed E-state index contributed by atoms with van der Waals surface area (Å²) < 4.78 is 44.8. The van der Waals surface area contributed by atoms with Gasteiger partial charge >= 0.3 is 12.1 Å². The minimum absolute atomic E-state index is 0.0880. The molecule has 11 heteroatoms. The summed E-state index contributed by atoms with van der Waals surface area (Å²) in [6.45, 7) is 2.88. The van der Waals surface area contributed by atoms with E-state index in [4.69, 9.17) is 19.4 Å². The second-order valence-corrected chi connectivity index (χ2v) is 7.41. The molecule has 0 fully saturated rings. The van der Waals surface area contributed by atoms with Crippen molar-refractivity contribution >= 4 is 18.0 Å². The zero-order valence-electron chi connectivity index (χ0n) is 19.9. The van der Waals surface area contributed by atoms with Crippen molar-refractivity contribution < 1.29 is 37.3 Å². The molecule has 1 amide bonds. The number of hydrogen-bond donors (Lipinski definition) is 1. The first-order valence-electron chi connectivity index (χ1n) is 10.6. The van der Waals surface area contributed by atoms with Gasteiger partial charge in [-0.1, -0.05) is 24.3 Å². The van der Waals surface area contributed by atoms with E-state index in [9.17, 15) is 18.0 Å². The first kappa shape index (κ1) is 28.0. The van der Waals surface area contributed by atoms with E-state index in [0.29, 0.717) is 18.9 Å². The highest BCUT2D eigenvalue weighted by Crippen LogP contribution is 2.25. The van der Waals surface area contributed by atoms with E-state index in [0.717, 1.165) is 22.7 Å². The summed E-state index contributed by atoms with van der Waals surface area (Å²) in [5, 5.41) is 7.12. The second-order valence-electron chi connectivity index (χ2n) is 7.41. The number of carboxylic acids is 1. The molecule has 3 aromatic rings. The van der Waals surface area contributed by atoms with E-state index in [2.05, 4.69) is 4.98 Å². The van der Waals surface area contributed by atoms with Crippen LogP contribution in [-0.2, 0) is 9.59 Å². The third-order valence-electron chi connectivity index (χ3n) is 4.67. The van der Waals surface area contributed by atoms with Gasteiger partial charge in [0.2, 0.25) is 5.91 Å². The lowest BCUT2D eigenvalue weighted by molar-refractivity contribution is -0.192. The van der Waals surface area contributed by atoms with Crippen LogP contribution >= 0.6 is 0 Å². The summed E-state index contributed by atoms with van der Waals surface area (Å²) in [5.41, 5.74) is 2.71. The molecule has 192 valence electrons. The average Bonchev–Trinajstić information content (AvgIpc) is 3.28. The molecule has 0 bridgehead atoms. The van der Waals surface area contributed by atoms with Crippen molar-refractivity contribution in [1.29, 1.82) is 0 Å². The summed E-state index contributed by atoms with van der Waals surface area (Å²) in [6, 6.07) is 15.3. The Hall–Kier alpha value is -4.28. The number of likely N-dealkylation sites (N-methyl/N-ethyl adjacent to an activating group) is 1. The van der Waals surface area contributed by atoms with Crippen LogP contribution in [0.1, 0.15) is 11.3 Å². The van der Waals surface area contributed by atoms with E-state index >= 15 is 0 Å². The molecule has 1 heterocycles. The molecule has 1 N–H and O–H groups in total. The van der Waals surface area contributed by atoms with Crippen molar-refractivity contribution in [2.45, 2.75) is 13.1 Å². The number of carboxylic acid groups (broad SMARTS) is 1. The summed E-state index contributed by atoms with van der Waals surface area (Å²) >= 11 is 0. The lowest BCUT2D eigenvalue weighted by atomic mass is 10.1. The fraction of sp³-hybridized carbons (Fsp3) is 0.240. The van der Waals surface area contributed by atoms with E-state index < -0.39 is 12.1 Å². The van der Waals surface area contributed by atoms with Gasteiger partial charge in [0.1, 0.15) is 18.1 Å². The Kier molecular flexibility index (Phi) is 10.1. The number of aliphatic carboxylic acids is 1. The molecule has 36 heavy (non-hydrogen) atoms. The Morgan fingerprint density at radius 1 is 1.17 bits per heavy atom. The van der Waals surface area contributed by atoms with Gasteiger partial charge in [-0.25, -0.2) is 9.78 Å². The SMILES string of the molecule is COc1cc(/C=C/C(=O)N(C)CCOc2ccccc2)ccc1-n1cnc(C)c1.O=C(O)C(F)(F)F. The monoisotopic (exact) mass is 505 g/mol. The number of aryl methyl sites for hydroxylation is 1. The van der Waals surface area contributed by atoms with Crippen LogP contribution in [0, 0.1) is 6.92 Å². The molecular formula is C25H26F3N3O5. The number of aromatic nitrogens is 2. The Bertz CT molecular complexity index is 1180. The molecule has 0 atom stereocenters. The van der Waals surface area contributed by atoms with Crippen LogP contribution in [0.3, 0.4) is 0 Å². The quantitative estimate of drug-likeness (QED) is 0.457. The second kappa shape index (κ2) is 13.0. The Morgan fingerprint density at radius 2 is 1.83 bits per heavy atom. The van der Waals surface area contributed by atoms with Gasteiger partial charge in [-0.2, -0.15) is 13.2 Å². The van der Waals surface area contributed by atoms with Gasteiger partial charge in [-0.05, 0) is 42.8 Å². The fourth-order valence-electron chi connectivity index (χ4n) is 2.79. The van der Waals surface area contributed by atoms with E-state index in [-0.39, 0.29) is 5.91 Å². The lowest BCUT2D eigenvalue weighted by Crippen LogP contribution is -2.29. The third-order valence-corrected chi connectivity index (χ3v) is 4.67. The van der Waals surface area contributed by atoms with Gasteiger partial charge in [0.15, 0.2) is 0 Å². The van der Waals surface area contributed by atoms with Crippen LogP contribution in [0.15, 0.2) is 67.1 Å². The maximum atomic E-state index is 12.3. The highest BCUT2D eigenvalue weighted by molar-refractivity contribution is 5.91. The molecule has 3 rings (SSSR count). The van der Waals surface area contributed by atoms with Crippen LogP contribution < -0.4 is 9.47 Å². The number of halogens is 3. The first-order chi connectivity index (χ1) is 17.0. The maximum Gasteiger partial charge on any atom is 0.490 e. The predicted molar refractivity (Wildman–Crippen MR) is 127 cm³/mol. The predicted octanol–water partition coefficient (Wildman–Crippen LogP) is 4.37. The number of amides is 1. The Morgan fingerprint density at radius 3 is 2.39 bits per heavy atom. The number of imidazole rings is 1. The Balaban J connectivity index is 0.000000572. The summed E-state index contributed by atoms with van der Waals surface area (Å²) in [7, 11) is 3.38. The summed E-state index contributed by atoms with van der Waals surface area (Å²) in [6.07, 6.45) is 1.93. The van der Waals surface area contributed by atoms with Gasteiger partial charge in [0.25, 0.3) is 0 Å². The Labute approximate surface area is 206 Å². The van der Waals surface area contributed by atoms with Crippen LogP contribution in [0.2, 0.25) is 0 Å². The third kappa shape index (κ3) is 8.82. The van der Waals surface area contributed by atoms with Gasteiger partial charge in [0.05, 0.1) is 31.4 Å². The lowest BCUT2D eigenvalue weighted by Gasteiger charge is -2.15. The minimum atomic E-state index is -5.08. The largest absolute Gasteiger partial charge is 0.495 e. The maximum absolute atomic E-state index is 12.3. The van der Waals surface area contributed by atoms with Gasteiger partial charge in [-0.15, -0.1) is 0 Å². The van der Waals surface area contributed by atoms with Crippen LogP contribution in [0.5, 0.6) is 11.5 Å². The molecule has 2 aromatic carbocycles. The normalized spacial score (nSPS) is 10.9. The van der Waals surface area contributed by atoms with Crippen molar-refractivity contribution in [3.05, 3.63) is 78.4 Å². The molecule has 0 saturated carbocycles. The first-order valence-corrected chi connectivity index (χ1v) is 10.6. The summed E-state index contributed by atoms with van der Waals surface area (Å²) in [5.74, 6) is -1.34. The minimum Gasteiger partial charge on any atom is -0.495 e. The van der Waals surface area contributed by atoms with E-state index in [1.54, 1.807) is 37.5 Å². The number of rotatable bonds is 8. The molecule has 0 aliphatic carbocycles. The standard InChI is InChI=1S/C23H25N3O3.C2HF3O2/c1-18-16-26(17-24-18)21-11-9-19(15-22(21)28-3)10-12-23(27)25(2)13-14-29-20-7-5-4-6-8-20;3-2(4,5)1(6)7/h4-12,15-17H,13-14H2,1-3H3;(H,6,7)/b12-10+;. The molecular weight excluding hydrogens is 479 g/mol. The molecule has 8 nitrogen and oxygen atoms in total. The molecule has 0 aliphatic rings. The molecule has 0 saturated heterocycles. The van der Waals surface area contributed by atoms with Gasteiger partial charge in [0, 0.05) is 19.3 Å². The molecule has 0 spiro atoms. The van der Waals surface area contributed by atoms with Crippen LogP contribution in [0.25, 0.3) is 11.8 Å². The van der Waals surface area contributed by atoms with Crippen molar-refractivity contribution in [1.82, 2.24) is 14.5 Å². The fourth-order valence-corrected chi connectivity index (χ4v) is 2.79. The molecule has 0 unspecified atom stereocenters. The topological polar surface area (TPSA) is 93.9 Å². The van der Waals surface area contributed by atoms with E-state index in [1.165, 1.54) is 0 Å². The molecule has 1 aromatic heterocycles. The number of hydrogen-bond acceptors (Lipinski definition) is 5. The highest BCUT2D eigenvalue weighted by Gasteiger charge is 2.38. The molecule has 0 aliphatic heterocycles. The van der Waals surface area contributed by atoms with Gasteiger partial charge < -0.3 is 24.0 Å².